The van der Waals surface area contributed by atoms with E-state index in [0.29, 0.717) is 0 Å². The third-order valence-electron chi connectivity index (χ3n) is 4.04. The zero-order valence-corrected chi connectivity index (χ0v) is 11.7. The number of hydrogen-bond donors (Lipinski definition) is 6. The molecule has 10 heteroatoms. The first-order valence-electron chi connectivity index (χ1n) is 6.50. The first-order valence-corrected chi connectivity index (χ1v) is 6.50. The summed E-state index contributed by atoms with van der Waals surface area (Å²) < 4.78 is 9.34. The molecule has 0 fully saturated rings. The molecule has 0 amide bonds. The van der Waals surface area contributed by atoms with Crippen molar-refractivity contribution in [2.75, 3.05) is 11.5 Å². The van der Waals surface area contributed by atoms with Crippen molar-refractivity contribution in [1.29, 1.82) is 10.8 Å². The summed E-state index contributed by atoms with van der Waals surface area (Å²) in [6.07, 6.45) is 0. The molecule has 0 atom stereocenters. The quantitative estimate of drug-likeness (QED) is 0.182. The highest BCUT2D eigenvalue weighted by molar-refractivity contribution is 6.30. The van der Waals surface area contributed by atoms with E-state index in [1.165, 1.54) is 0 Å². The van der Waals surface area contributed by atoms with Crippen molar-refractivity contribution >= 4 is 43.7 Å². The van der Waals surface area contributed by atoms with Crippen LogP contribution in [0.3, 0.4) is 0 Å². The minimum Gasteiger partial charge on any atom is -0.480 e. The normalized spacial score (nSPS) is 11.8. The minimum absolute atomic E-state index is 0.0929. The number of aromatic hydroxyl groups is 2. The Hall–Kier alpha value is -3.82. The van der Waals surface area contributed by atoms with Crippen LogP contribution in [0.2, 0.25) is 0 Å². The molecule has 0 unspecified atom stereocenters. The van der Waals surface area contributed by atoms with Crippen molar-refractivity contribution in [3.8, 4) is 11.9 Å². The molecule has 0 aliphatic rings. The second kappa shape index (κ2) is 3.93. The third-order valence-corrected chi connectivity index (χ3v) is 4.04. The minimum atomic E-state index is -1.08. The maximum atomic E-state index is 12.1. The summed E-state index contributed by atoms with van der Waals surface area (Å²) >= 11 is 0. The van der Waals surface area contributed by atoms with E-state index in [4.69, 9.17) is 22.3 Å². The summed E-state index contributed by atoms with van der Waals surface area (Å²) in [6, 6.07) is 0. The molecule has 8 N–H and O–H groups in total. The van der Waals surface area contributed by atoms with Crippen molar-refractivity contribution in [3.63, 3.8) is 0 Å². The molecule has 0 saturated carbocycles. The molecule has 0 spiro atoms. The molecule has 2 heterocycles. The van der Waals surface area contributed by atoms with Gasteiger partial charge in [0.15, 0.2) is 0 Å². The Bertz CT molecular complexity index is 1420. The first-order chi connectivity index (χ1) is 11.3. The Kier molecular flexibility index (Phi) is 2.26. The maximum Gasteiger partial charge on any atom is 0.348 e. The van der Waals surface area contributed by atoms with Crippen LogP contribution in [-0.4, -0.2) is 10.2 Å². The second-order valence-electron chi connectivity index (χ2n) is 5.22. The fraction of sp³-hybridized carbons (Fsp3) is 0. The molecule has 0 bridgehead atoms. The van der Waals surface area contributed by atoms with Gasteiger partial charge in [-0.2, -0.15) is 0 Å². The monoisotopic (exact) mass is 328 g/mol. The second-order valence-corrected chi connectivity index (χ2v) is 5.22. The molecule has 120 valence electrons. The highest BCUT2D eigenvalue weighted by atomic mass is 16.5. The smallest absolute Gasteiger partial charge is 0.348 e. The summed E-state index contributed by atoms with van der Waals surface area (Å²) in [5.74, 6) is -1.74. The lowest BCUT2D eigenvalue weighted by Gasteiger charge is -2.14. The molecule has 2 aromatic heterocycles. The average molecular weight is 328 g/mol. The fourth-order valence-electron chi connectivity index (χ4n) is 3.02. The zero-order valence-electron chi connectivity index (χ0n) is 11.7. The summed E-state index contributed by atoms with van der Waals surface area (Å²) in [4.78, 5) is 24.2. The van der Waals surface area contributed by atoms with Gasteiger partial charge in [-0.3, -0.25) is 10.8 Å². The SMILES string of the molecule is N=c1c(=N)c2c(=O)oc(O)c3c(N)c(N)c4c(=O)oc(O)c1c4c32. The van der Waals surface area contributed by atoms with E-state index in [0.717, 1.165) is 0 Å². The largest absolute Gasteiger partial charge is 0.480 e. The molecule has 10 nitrogen and oxygen atoms in total. The van der Waals surface area contributed by atoms with Gasteiger partial charge in [-0.25, -0.2) is 9.59 Å². The zero-order chi connectivity index (χ0) is 17.5. The molecule has 0 aliphatic heterocycles. The highest BCUT2D eigenvalue weighted by Gasteiger charge is 2.27. The van der Waals surface area contributed by atoms with Gasteiger partial charge in [0, 0.05) is 10.8 Å². The van der Waals surface area contributed by atoms with Crippen molar-refractivity contribution in [1.82, 2.24) is 0 Å². The number of nitrogen functional groups attached to an aromatic ring is 2. The van der Waals surface area contributed by atoms with Gasteiger partial charge in [-0.1, -0.05) is 0 Å². The van der Waals surface area contributed by atoms with Crippen LogP contribution in [0.5, 0.6) is 11.9 Å². The van der Waals surface area contributed by atoms with Crippen LogP contribution >= 0.6 is 0 Å². The lowest BCUT2D eigenvalue weighted by molar-refractivity contribution is 0.317. The lowest BCUT2D eigenvalue weighted by Crippen LogP contribution is -2.29. The number of benzene rings is 2. The summed E-state index contributed by atoms with van der Waals surface area (Å²) in [6.45, 7) is 0. The van der Waals surface area contributed by atoms with Gasteiger partial charge in [0.1, 0.15) is 0 Å². The molecule has 0 saturated heterocycles. The Morgan fingerprint density at radius 3 is 1.71 bits per heavy atom. The standard InChI is InChI=1S/C14H8N4O6/c15-7-3-1-2-5(9(7)17)13(21)24-14(22)6(2)10(18)8(16)4(1)12(20)23-11(3)19/h15,17,19,22H,16,18H2. The van der Waals surface area contributed by atoms with Crippen LogP contribution in [0.15, 0.2) is 18.4 Å². The Balaban J connectivity index is 2.73. The van der Waals surface area contributed by atoms with Gasteiger partial charge in [0.25, 0.3) is 11.9 Å². The predicted octanol–water partition coefficient (Wildman–Crippen LogP) is -0.537. The Morgan fingerprint density at radius 2 is 1.08 bits per heavy atom. The maximum absolute atomic E-state index is 12.1. The summed E-state index contributed by atoms with van der Waals surface area (Å²) in [7, 11) is 0. The van der Waals surface area contributed by atoms with E-state index < -0.39 is 33.9 Å². The molecular formula is C14H8N4O6. The van der Waals surface area contributed by atoms with Crippen LogP contribution in [-0.2, 0) is 0 Å². The van der Waals surface area contributed by atoms with Crippen molar-refractivity contribution in [3.05, 3.63) is 31.6 Å². The Labute approximate surface area is 129 Å². The highest BCUT2D eigenvalue weighted by Crippen LogP contribution is 2.42. The Morgan fingerprint density at radius 1 is 0.667 bits per heavy atom. The van der Waals surface area contributed by atoms with Crippen LogP contribution < -0.4 is 33.4 Å². The number of hydrogen-bond acceptors (Lipinski definition) is 10. The van der Waals surface area contributed by atoms with E-state index in [1.807, 2.05) is 0 Å². The molecule has 0 radical (unpaired) electrons. The van der Waals surface area contributed by atoms with Crippen LogP contribution in [0.1, 0.15) is 0 Å². The van der Waals surface area contributed by atoms with Crippen LogP contribution in [0.4, 0.5) is 11.4 Å². The van der Waals surface area contributed by atoms with E-state index >= 15 is 0 Å². The molecular weight excluding hydrogens is 320 g/mol. The van der Waals surface area contributed by atoms with Gasteiger partial charge >= 0.3 is 11.3 Å². The molecule has 24 heavy (non-hydrogen) atoms. The molecule has 4 rings (SSSR count). The molecule has 2 aromatic carbocycles. The van der Waals surface area contributed by atoms with Crippen molar-refractivity contribution in [2.45, 2.75) is 0 Å². The summed E-state index contributed by atoms with van der Waals surface area (Å²) in [5.41, 5.74) is 9.07. The summed E-state index contributed by atoms with van der Waals surface area (Å²) in [5, 5.41) is 33.5. The van der Waals surface area contributed by atoms with Crippen LogP contribution in [0, 0.1) is 10.8 Å². The number of rotatable bonds is 0. The van der Waals surface area contributed by atoms with Gasteiger partial charge in [-0.15, -0.1) is 0 Å². The predicted molar refractivity (Wildman–Crippen MR) is 82.3 cm³/mol. The van der Waals surface area contributed by atoms with Crippen molar-refractivity contribution < 1.29 is 19.0 Å². The number of anilines is 2. The first kappa shape index (κ1) is 13.8. The number of nitrogens with one attached hydrogen (secondary N) is 2. The molecule has 4 aromatic rings. The fourth-order valence-corrected chi connectivity index (χ4v) is 3.02. The van der Waals surface area contributed by atoms with Crippen LogP contribution in [0.25, 0.3) is 32.3 Å². The topological polar surface area (TPSA) is 201 Å². The van der Waals surface area contributed by atoms with Crippen molar-refractivity contribution in [2.24, 2.45) is 0 Å². The molecule has 0 aliphatic carbocycles. The van der Waals surface area contributed by atoms with E-state index in [2.05, 4.69) is 8.83 Å². The van der Waals surface area contributed by atoms with E-state index in [-0.39, 0.29) is 43.7 Å². The third kappa shape index (κ3) is 1.30. The number of nitrogens with two attached hydrogens (primary N) is 2. The lowest BCUT2D eigenvalue weighted by atomic mass is 9.94. The van der Waals surface area contributed by atoms with Gasteiger partial charge in [0.2, 0.25) is 0 Å². The average Bonchev–Trinajstić information content (AvgIpc) is 2.49. The van der Waals surface area contributed by atoms with E-state index in [9.17, 15) is 19.8 Å². The van der Waals surface area contributed by atoms with Gasteiger partial charge in [-0.05, 0) is 0 Å². The van der Waals surface area contributed by atoms with Gasteiger partial charge in [0.05, 0.1) is 43.6 Å². The van der Waals surface area contributed by atoms with E-state index in [1.54, 1.807) is 0 Å². The van der Waals surface area contributed by atoms with Gasteiger partial charge < -0.3 is 30.5 Å².